The summed E-state index contributed by atoms with van der Waals surface area (Å²) in [6.07, 6.45) is 0.983. The summed E-state index contributed by atoms with van der Waals surface area (Å²) in [5.74, 6) is 0.379. The number of benzene rings is 2. The normalized spacial score (nSPS) is 20.0. The van der Waals surface area contributed by atoms with Crippen molar-refractivity contribution in [2.75, 3.05) is 20.8 Å². The van der Waals surface area contributed by atoms with Crippen LogP contribution in [-0.2, 0) is 14.3 Å². The molecule has 2 aromatic rings. The molecule has 7 heteroatoms. The van der Waals surface area contributed by atoms with Gasteiger partial charge >= 0.3 is 5.97 Å². The van der Waals surface area contributed by atoms with Crippen LogP contribution < -0.4 is 14.8 Å². The number of hydrogen-bond acceptors (Lipinski definition) is 6. The molecule has 0 saturated heterocycles. The van der Waals surface area contributed by atoms with Crippen molar-refractivity contribution in [3.8, 4) is 11.5 Å². The topological polar surface area (TPSA) is 73.9 Å². The summed E-state index contributed by atoms with van der Waals surface area (Å²) in [7, 11) is 3.20. The minimum atomic E-state index is -0.496. The fourth-order valence-electron chi connectivity index (χ4n) is 4.88. The van der Waals surface area contributed by atoms with Gasteiger partial charge in [0.05, 0.1) is 26.4 Å². The molecule has 4 rings (SSSR count). The van der Waals surface area contributed by atoms with Gasteiger partial charge in [-0.15, -0.1) is 0 Å². The van der Waals surface area contributed by atoms with Gasteiger partial charge in [-0.25, -0.2) is 4.79 Å². The fourth-order valence-corrected chi connectivity index (χ4v) is 5.39. The van der Waals surface area contributed by atoms with Crippen LogP contribution in [0.5, 0.6) is 11.5 Å². The van der Waals surface area contributed by atoms with Gasteiger partial charge in [0.1, 0.15) is 0 Å². The van der Waals surface area contributed by atoms with E-state index in [4.69, 9.17) is 14.2 Å². The van der Waals surface area contributed by atoms with Gasteiger partial charge < -0.3 is 19.5 Å². The quantitative estimate of drug-likeness (QED) is 0.509. The Hall–Kier alpha value is -3.06. The Morgan fingerprint density at radius 1 is 1.09 bits per heavy atom. The highest BCUT2D eigenvalue weighted by molar-refractivity contribution is 9.10. The van der Waals surface area contributed by atoms with Crippen molar-refractivity contribution in [2.24, 2.45) is 0 Å². The maximum Gasteiger partial charge on any atom is 0.336 e. The van der Waals surface area contributed by atoms with Crippen molar-refractivity contribution in [3.63, 3.8) is 0 Å². The average Bonchev–Trinajstić information content (AvgIpc) is 2.83. The molecule has 1 aliphatic carbocycles. The largest absolute Gasteiger partial charge is 0.493 e. The number of methoxy groups -OCH3 is 2. The van der Waals surface area contributed by atoms with Crippen molar-refractivity contribution < 1.29 is 23.8 Å². The van der Waals surface area contributed by atoms with E-state index in [2.05, 4.69) is 21.2 Å². The standard InChI is InChI=1S/C27H28BrNO5/c1-5-34-27(31)24-15(2)29-20-12-17(16-10-11-22(32-3)23(14-16)33-4)13-21(30)26(20)25(24)18-8-6-7-9-19(18)28/h6-11,14,17,25,29H,5,12-13H2,1-4H3/t17-,25+/m1/s1. The second-order valence-corrected chi connectivity index (χ2v) is 9.23. The molecule has 0 spiro atoms. The third-order valence-corrected chi connectivity index (χ3v) is 7.14. The Morgan fingerprint density at radius 3 is 2.50 bits per heavy atom. The van der Waals surface area contributed by atoms with Gasteiger partial charge in [-0.3, -0.25) is 4.79 Å². The lowest BCUT2D eigenvalue weighted by Gasteiger charge is -2.37. The van der Waals surface area contributed by atoms with E-state index in [0.717, 1.165) is 21.3 Å². The van der Waals surface area contributed by atoms with E-state index in [1.165, 1.54) is 0 Å². The minimum absolute atomic E-state index is 0.0172. The lowest BCUT2D eigenvalue weighted by atomic mass is 9.71. The highest BCUT2D eigenvalue weighted by Gasteiger charge is 2.42. The first-order chi connectivity index (χ1) is 16.4. The number of ether oxygens (including phenoxy) is 3. The molecule has 0 amide bonds. The molecule has 1 heterocycles. The first-order valence-electron chi connectivity index (χ1n) is 11.3. The van der Waals surface area contributed by atoms with E-state index in [9.17, 15) is 9.59 Å². The lowest BCUT2D eigenvalue weighted by molar-refractivity contribution is -0.138. The maximum atomic E-state index is 13.7. The maximum absolute atomic E-state index is 13.7. The van der Waals surface area contributed by atoms with Crippen LogP contribution in [0.4, 0.5) is 0 Å². The molecule has 0 fully saturated rings. The number of dihydropyridines is 1. The minimum Gasteiger partial charge on any atom is -0.493 e. The summed E-state index contributed by atoms with van der Waals surface area (Å²) in [5, 5.41) is 3.37. The number of carbonyl (C=O) groups is 2. The molecule has 0 radical (unpaired) electrons. The summed E-state index contributed by atoms with van der Waals surface area (Å²) >= 11 is 3.63. The number of carbonyl (C=O) groups excluding carboxylic acids is 2. The summed E-state index contributed by atoms with van der Waals surface area (Å²) in [6, 6.07) is 13.5. The molecule has 1 N–H and O–H groups in total. The molecular weight excluding hydrogens is 498 g/mol. The molecule has 6 nitrogen and oxygen atoms in total. The van der Waals surface area contributed by atoms with Gasteiger partial charge in [0.15, 0.2) is 17.3 Å². The van der Waals surface area contributed by atoms with Crippen LogP contribution in [0.2, 0.25) is 0 Å². The molecule has 178 valence electrons. The lowest BCUT2D eigenvalue weighted by Crippen LogP contribution is -2.36. The number of hydrogen-bond donors (Lipinski definition) is 1. The van der Waals surface area contributed by atoms with Crippen LogP contribution in [0.15, 0.2) is 69.5 Å². The van der Waals surface area contributed by atoms with E-state index in [1.807, 2.05) is 49.4 Å². The summed E-state index contributed by atoms with van der Waals surface area (Å²) in [6.45, 7) is 3.91. The Bertz CT molecular complexity index is 1200. The Morgan fingerprint density at radius 2 is 1.82 bits per heavy atom. The van der Waals surface area contributed by atoms with Crippen molar-refractivity contribution in [1.82, 2.24) is 5.32 Å². The zero-order chi connectivity index (χ0) is 24.4. The predicted molar refractivity (Wildman–Crippen MR) is 133 cm³/mol. The van der Waals surface area contributed by atoms with Gasteiger partial charge in [0, 0.05) is 33.8 Å². The average molecular weight is 526 g/mol. The second kappa shape index (κ2) is 10.1. The number of esters is 1. The van der Waals surface area contributed by atoms with Crippen molar-refractivity contribution in [1.29, 1.82) is 0 Å². The summed E-state index contributed by atoms with van der Waals surface area (Å²) < 4.78 is 17.1. The monoisotopic (exact) mass is 525 g/mol. The number of ketones is 1. The van der Waals surface area contributed by atoms with Crippen LogP contribution in [0.1, 0.15) is 49.7 Å². The molecule has 34 heavy (non-hydrogen) atoms. The molecule has 2 aromatic carbocycles. The third kappa shape index (κ3) is 4.37. The number of allylic oxidation sites excluding steroid dienone is 3. The van der Waals surface area contributed by atoms with Gasteiger partial charge in [-0.05, 0) is 55.5 Å². The van der Waals surface area contributed by atoms with Crippen LogP contribution >= 0.6 is 15.9 Å². The number of Topliss-reactive ketones (excluding diaryl/α,β-unsaturated/α-hetero) is 1. The van der Waals surface area contributed by atoms with Gasteiger partial charge in [-0.1, -0.05) is 40.2 Å². The summed E-state index contributed by atoms with van der Waals surface area (Å²) in [5.41, 5.74) is 4.55. The van der Waals surface area contributed by atoms with E-state index in [1.54, 1.807) is 21.1 Å². The van der Waals surface area contributed by atoms with E-state index in [-0.39, 0.29) is 18.3 Å². The van der Waals surface area contributed by atoms with Crippen LogP contribution in [-0.4, -0.2) is 32.6 Å². The second-order valence-electron chi connectivity index (χ2n) is 8.37. The molecular formula is C27H28BrNO5. The summed E-state index contributed by atoms with van der Waals surface area (Å²) in [4.78, 5) is 26.7. The molecule has 0 unspecified atom stereocenters. The van der Waals surface area contributed by atoms with Crippen LogP contribution in [0.3, 0.4) is 0 Å². The smallest absolute Gasteiger partial charge is 0.336 e. The van der Waals surface area contributed by atoms with E-state index < -0.39 is 11.9 Å². The number of rotatable bonds is 6. The Labute approximate surface area is 208 Å². The zero-order valence-corrected chi connectivity index (χ0v) is 21.3. The zero-order valence-electron chi connectivity index (χ0n) is 19.7. The van der Waals surface area contributed by atoms with E-state index >= 15 is 0 Å². The predicted octanol–water partition coefficient (Wildman–Crippen LogP) is 5.39. The molecule has 0 bridgehead atoms. The SMILES string of the molecule is CCOC(=O)C1=C(C)NC2=C(C(=O)C[C@H](c3ccc(OC)c(OC)c3)C2)[C@H]1c1ccccc1Br. The molecule has 2 aliphatic rings. The number of halogens is 1. The van der Waals surface area contributed by atoms with Gasteiger partial charge in [-0.2, -0.15) is 0 Å². The van der Waals surface area contributed by atoms with Gasteiger partial charge in [0.25, 0.3) is 0 Å². The molecule has 0 saturated carbocycles. The first-order valence-corrected chi connectivity index (χ1v) is 12.1. The van der Waals surface area contributed by atoms with Crippen molar-refractivity contribution in [3.05, 3.63) is 80.6 Å². The molecule has 0 aromatic heterocycles. The van der Waals surface area contributed by atoms with Crippen molar-refractivity contribution >= 4 is 27.7 Å². The van der Waals surface area contributed by atoms with Crippen LogP contribution in [0.25, 0.3) is 0 Å². The highest BCUT2D eigenvalue weighted by Crippen LogP contribution is 2.47. The Kier molecular flexibility index (Phi) is 7.12. The molecule has 2 atom stereocenters. The fraction of sp³-hybridized carbons (Fsp3) is 0.333. The van der Waals surface area contributed by atoms with Gasteiger partial charge in [0.2, 0.25) is 0 Å². The van der Waals surface area contributed by atoms with E-state index in [0.29, 0.717) is 41.2 Å². The third-order valence-electron chi connectivity index (χ3n) is 6.42. The number of nitrogens with one attached hydrogen (secondary N) is 1. The van der Waals surface area contributed by atoms with Crippen molar-refractivity contribution in [2.45, 2.75) is 38.5 Å². The first kappa shape index (κ1) is 24.1. The van der Waals surface area contributed by atoms with Crippen LogP contribution in [0, 0.1) is 0 Å². The Balaban J connectivity index is 1.79. The molecule has 1 aliphatic heterocycles. The highest BCUT2D eigenvalue weighted by atomic mass is 79.9.